The van der Waals surface area contributed by atoms with E-state index >= 15 is 0 Å². The molecule has 1 aromatic rings. The van der Waals surface area contributed by atoms with Gasteiger partial charge in [0.25, 0.3) is 0 Å². The topological polar surface area (TPSA) is 71.1 Å². The number of ether oxygens (including phenoxy) is 2. The van der Waals surface area contributed by atoms with Gasteiger partial charge in [0, 0.05) is 38.6 Å². The molecule has 0 aromatic heterocycles. The molecule has 2 heterocycles. The molecule has 2 aliphatic heterocycles. The lowest BCUT2D eigenvalue weighted by atomic mass is 10.1. The van der Waals surface area contributed by atoms with Gasteiger partial charge in [-0.3, -0.25) is 4.79 Å². The number of hydrogen-bond acceptors (Lipinski definition) is 4. The Hall–Kier alpha value is -2.44. The van der Waals surface area contributed by atoms with E-state index in [0.29, 0.717) is 51.6 Å². The molecule has 0 aliphatic carbocycles. The van der Waals surface area contributed by atoms with Gasteiger partial charge in [-0.15, -0.1) is 0 Å². The van der Waals surface area contributed by atoms with Crippen LogP contribution in [0.4, 0.5) is 4.79 Å². The molecule has 7 heteroatoms. The number of nitrogens with zero attached hydrogens (tertiary/aromatic N) is 2. The predicted octanol–water partition coefficient (Wildman–Crippen LogP) is 1.65. The smallest absolute Gasteiger partial charge is 0.317 e. The van der Waals surface area contributed by atoms with E-state index in [1.807, 2.05) is 36.9 Å². The van der Waals surface area contributed by atoms with Gasteiger partial charge in [0.05, 0.1) is 19.6 Å². The fourth-order valence-corrected chi connectivity index (χ4v) is 3.10. The maximum Gasteiger partial charge on any atom is 0.317 e. The van der Waals surface area contributed by atoms with Crippen molar-refractivity contribution in [2.45, 2.75) is 32.7 Å². The molecule has 1 saturated heterocycles. The van der Waals surface area contributed by atoms with Crippen LogP contribution in [0.5, 0.6) is 11.5 Å². The van der Waals surface area contributed by atoms with Gasteiger partial charge in [0.15, 0.2) is 11.5 Å². The Balaban J connectivity index is 1.53. The van der Waals surface area contributed by atoms with Crippen LogP contribution in [0.2, 0.25) is 0 Å². The van der Waals surface area contributed by atoms with Crippen molar-refractivity contribution in [3.05, 3.63) is 23.8 Å². The maximum absolute atomic E-state index is 12.6. The molecule has 1 N–H and O–H groups in total. The molecule has 0 saturated carbocycles. The Morgan fingerprint density at radius 3 is 2.38 bits per heavy atom. The minimum atomic E-state index is -0.0602. The highest BCUT2D eigenvalue weighted by Gasteiger charge is 2.24. The van der Waals surface area contributed by atoms with Gasteiger partial charge in [0.2, 0.25) is 5.91 Å². The minimum absolute atomic E-state index is 0.0602. The van der Waals surface area contributed by atoms with Crippen molar-refractivity contribution in [2.75, 3.05) is 39.4 Å². The Morgan fingerprint density at radius 2 is 1.69 bits per heavy atom. The minimum Gasteiger partial charge on any atom is -0.490 e. The SMILES string of the molecule is CC(C)NC(=O)N1CCN(C(=O)Cc2ccc3c(c2)OCCCO3)CC1. The Labute approximate surface area is 154 Å². The van der Waals surface area contributed by atoms with E-state index in [1.54, 1.807) is 4.90 Å². The maximum atomic E-state index is 12.6. The highest BCUT2D eigenvalue weighted by molar-refractivity contribution is 5.80. The van der Waals surface area contributed by atoms with Crippen molar-refractivity contribution in [1.29, 1.82) is 0 Å². The van der Waals surface area contributed by atoms with Crippen LogP contribution >= 0.6 is 0 Å². The Kier molecular flexibility index (Phi) is 5.85. The van der Waals surface area contributed by atoms with Crippen molar-refractivity contribution in [3.8, 4) is 11.5 Å². The van der Waals surface area contributed by atoms with E-state index in [1.165, 1.54) is 0 Å². The van der Waals surface area contributed by atoms with Crippen LogP contribution in [0.1, 0.15) is 25.8 Å². The van der Waals surface area contributed by atoms with Crippen molar-refractivity contribution >= 4 is 11.9 Å². The van der Waals surface area contributed by atoms with Gasteiger partial charge in [-0.2, -0.15) is 0 Å². The summed E-state index contributed by atoms with van der Waals surface area (Å²) in [6, 6.07) is 5.73. The first-order chi connectivity index (χ1) is 12.5. The van der Waals surface area contributed by atoms with Gasteiger partial charge in [0.1, 0.15) is 0 Å². The number of amides is 3. The highest BCUT2D eigenvalue weighted by Crippen LogP contribution is 2.30. The zero-order chi connectivity index (χ0) is 18.5. The van der Waals surface area contributed by atoms with E-state index in [4.69, 9.17) is 9.47 Å². The van der Waals surface area contributed by atoms with Gasteiger partial charge in [-0.1, -0.05) is 6.07 Å². The summed E-state index contributed by atoms with van der Waals surface area (Å²) in [7, 11) is 0. The van der Waals surface area contributed by atoms with Crippen LogP contribution in [-0.4, -0.2) is 67.2 Å². The molecule has 2 aliphatic rings. The zero-order valence-electron chi connectivity index (χ0n) is 15.5. The largest absolute Gasteiger partial charge is 0.490 e. The normalized spacial score (nSPS) is 17.0. The van der Waals surface area contributed by atoms with Crippen LogP contribution in [0, 0.1) is 0 Å². The summed E-state index contributed by atoms with van der Waals surface area (Å²) in [4.78, 5) is 28.2. The Bertz CT molecular complexity index is 654. The third-order valence-electron chi connectivity index (χ3n) is 4.50. The van der Waals surface area contributed by atoms with E-state index in [-0.39, 0.29) is 18.0 Å². The first kappa shape index (κ1) is 18.4. The number of urea groups is 1. The molecule has 0 unspecified atom stereocenters. The summed E-state index contributed by atoms with van der Waals surface area (Å²) >= 11 is 0. The predicted molar refractivity (Wildman–Crippen MR) is 97.6 cm³/mol. The number of nitrogens with one attached hydrogen (secondary N) is 1. The number of piperazine rings is 1. The number of fused-ring (bicyclic) bond motifs is 1. The third kappa shape index (κ3) is 4.59. The first-order valence-electron chi connectivity index (χ1n) is 9.24. The molecule has 7 nitrogen and oxygen atoms in total. The summed E-state index contributed by atoms with van der Waals surface area (Å²) in [5.41, 5.74) is 0.916. The molecule has 1 aromatic carbocycles. The molecule has 3 amide bonds. The number of hydrogen-bond donors (Lipinski definition) is 1. The molecule has 142 valence electrons. The summed E-state index contributed by atoms with van der Waals surface area (Å²) < 4.78 is 11.3. The lowest BCUT2D eigenvalue weighted by Gasteiger charge is -2.35. The van der Waals surface area contributed by atoms with Crippen LogP contribution < -0.4 is 14.8 Å². The highest BCUT2D eigenvalue weighted by atomic mass is 16.5. The first-order valence-corrected chi connectivity index (χ1v) is 9.24. The quantitative estimate of drug-likeness (QED) is 0.889. The number of carbonyl (C=O) groups excluding carboxylic acids is 2. The molecule has 0 spiro atoms. The zero-order valence-corrected chi connectivity index (χ0v) is 15.5. The second-order valence-electron chi connectivity index (χ2n) is 6.98. The fourth-order valence-electron chi connectivity index (χ4n) is 3.10. The molecule has 1 fully saturated rings. The van der Waals surface area contributed by atoms with Crippen LogP contribution in [0.25, 0.3) is 0 Å². The van der Waals surface area contributed by atoms with Gasteiger partial charge in [-0.25, -0.2) is 4.79 Å². The van der Waals surface area contributed by atoms with E-state index in [9.17, 15) is 9.59 Å². The Morgan fingerprint density at radius 1 is 1.04 bits per heavy atom. The summed E-state index contributed by atoms with van der Waals surface area (Å²) in [6.07, 6.45) is 1.19. The second-order valence-corrected chi connectivity index (χ2v) is 6.98. The van der Waals surface area contributed by atoms with E-state index in [2.05, 4.69) is 5.32 Å². The average molecular weight is 361 g/mol. The lowest BCUT2D eigenvalue weighted by Crippen LogP contribution is -2.54. The van der Waals surface area contributed by atoms with Crippen LogP contribution in [-0.2, 0) is 11.2 Å². The van der Waals surface area contributed by atoms with Gasteiger partial charge >= 0.3 is 6.03 Å². The number of rotatable bonds is 3. The third-order valence-corrected chi connectivity index (χ3v) is 4.50. The van der Waals surface area contributed by atoms with Crippen molar-refractivity contribution in [1.82, 2.24) is 15.1 Å². The fraction of sp³-hybridized carbons (Fsp3) is 0.579. The number of carbonyl (C=O) groups is 2. The molecule has 0 bridgehead atoms. The van der Waals surface area contributed by atoms with Crippen molar-refractivity contribution in [2.24, 2.45) is 0 Å². The summed E-state index contributed by atoms with van der Waals surface area (Å²) in [5.74, 6) is 1.52. The van der Waals surface area contributed by atoms with Gasteiger partial charge < -0.3 is 24.6 Å². The van der Waals surface area contributed by atoms with Gasteiger partial charge in [-0.05, 0) is 31.5 Å². The standard InChI is InChI=1S/C19H27N3O4/c1-14(2)20-19(24)22-8-6-21(7-9-22)18(23)13-15-4-5-16-17(12-15)26-11-3-10-25-16/h4-5,12,14H,3,6-11,13H2,1-2H3,(H,20,24). The van der Waals surface area contributed by atoms with Crippen LogP contribution in [0.3, 0.4) is 0 Å². The number of benzene rings is 1. The molecule has 26 heavy (non-hydrogen) atoms. The summed E-state index contributed by atoms with van der Waals surface area (Å²) in [6.45, 7) is 7.41. The van der Waals surface area contributed by atoms with E-state index < -0.39 is 0 Å². The average Bonchev–Trinajstić information content (AvgIpc) is 2.86. The molecule has 0 atom stereocenters. The second kappa shape index (κ2) is 8.29. The molecule has 3 rings (SSSR count). The lowest BCUT2D eigenvalue weighted by molar-refractivity contribution is -0.131. The summed E-state index contributed by atoms with van der Waals surface area (Å²) in [5, 5.41) is 2.89. The molecule has 0 radical (unpaired) electrons. The molecular formula is C19H27N3O4. The monoisotopic (exact) mass is 361 g/mol. The van der Waals surface area contributed by atoms with Crippen LogP contribution in [0.15, 0.2) is 18.2 Å². The van der Waals surface area contributed by atoms with E-state index in [0.717, 1.165) is 17.7 Å². The van der Waals surface area contributed by atoms with Crippen molar-refractivity contribution < 1.29 is 19.1 Å². The molecular weight excluding hydrogens is 334 g/mol. The van der Waals surface area contributed by atoms with Crippen molar-refractivity contribution in [3.63, 3.8) is 0 Å².